The van der Waals surface area contributed by atoms with Crippen LogP contribution >= 0.6 is 0 Å². The summed E-state index contributed by atoms with van der Waals surface area (Å²) >= 11 is 0. The number of aromatic nitrogens is 2. The van der Waals surface area contributed by atoms with Crippen LogP contribution in [-0.2, 0) is 6.42 Å². The summed E-state index contributed by atoms with van der Waals surface area (Å²) in [4.78, 5) is 11.4. The van der Waals surface area contributed by atoms with Gasteiger partial charge < -0.3 is 24.8 Å². The Morgan fingerprint density at radius 2 is 2.00 bits per heavy atom. The zero-order valence-electron chi connectivity index (χ0n) is 22.4. The van der Waals surface area contributed by atoms with Crippen LogP contribution in [0.3, 0.4) is 0 Å². The van der Waals surface area contributed by atoms with Gasteiger partial charge in [0, 0.05) is 29.5 Å². The van der Waals surface area contributed by atoms with Gasteiger partial charge in [0.1, 0.15) is 29.7 Å². The van der Waals surface area contributed by atoms with Gasteiger partial charge in [-0.1, -0.05) is 18.2 Å². The van der Waals surface area contributed by atoms with Gasteiger partial charge >= 0.3 is 0 Å². The lowest BCUT2D eigenvalue weighted by molar-refractivity contribution is -0.0825. The molecule has 3 atom stereocenters. The van der Waals surface area contributed by atoms with Gasteiger partial charge in [-0.2, -0.15) is 0 Å². The number of aliphatic hydroxyl groups is 1. The quantitative estimate of drug-likeness (QED) is 0.367. The number of rotatable bonds is 10. The third-order valence-corrected chi connectivity index (χ3v) is 7.14. The molecule has 206 valence electrons. The number of likely N-dealkylation sites (N-methyl/N-ethyl adjacent to an activating group) is 1. The van der Waals surface area contributed by atoms with Crippen LogP contribution in [0, 0.1) is 12.7 Å². The molecule has 4 rings (SSSR count). The van der Waals surface area contributed by atoms with Crippen LogP contribution in [0.4, 0.5) is 19.0 Å². The number of nitrogens with one attached hydrogen (secondary N) is 1. The predicted octanol–water partition coefficient (Wildman–Crippen LogP) is 5.29. The summed E-state index contributed by atoms with van der Waals surface area (Å²) in [7, 11) is 3.66. The highest BCUT2D eigenvalue weighted by molar-refractivity contribution is 5.92. The number of methoxy groups -OCH3 is 1. The Labute approximate surface area is 221 Å². The molecule has 3 aromatic rings. The fourth-order valence-electron chi connectivity index (χ4n) is 4.83. The molecule has 38 heavy (non-hydrogen) atoms. The topological polar surface area (TPSA) is 79.7 Å². The fraction of sp³-hybridized carbons (Fsp3) is 0.500. The van der Waals surface area contributed by atoms with Crippen molar-refractivity contribution in [2.75, 3.05) is 32.6 Å². The Balaban J connectivity index is 1.64. The van der Waals surface area contributed by atoms with Crippen molar-refractivity contribution in [3.05, 3.63) is 53.1 Å². The number of ether oxygens (including phenoxy) is 2. The van der Waals surface area contributed by atoms with E-state index in [1.165, 1.54) is 6.07 Å². The molecule has 0 aliphatic carbocycles. The van der Waals surface area contributed by atoms with Gasteiger partial charge in [-0.25, -0.2) is 23.1 Å². The largest absolute Gasteiger partial charge is 0.493 e. The van der Waals surface area contributed by atoms with Crippen molar-refractivity contribution >= 4 is 16.7 Å². The smallest absolute Gasteiger partial charge is 0.266 e. The summed E-state index contributed by atoms with van der Waals surface area (Å²) in [6.07, 6.45) is -1.31. The van der Waals surface area contributed by atoms with E-state index < -0.39 is 30.3 Å². The van der Waals surface area contributed by atoms with Crippen LogP contribution in [0.15, 0.2) is 30.3 Å². The summed E-state index contributed by atoms with van der Waals surface area (Å²) in [6, 6.07) is 7.95. The second-order valence-electron chi connectivity index (χ2n) is 10.2. The van der Waals surface area contributed by atoms with Gasteiger partial charge in [0.25, 0.3) is 6.43 Å². The average molecular weight is 533 g/mol. The lowest BCUT2D eigenvalue weighted by atomic mass is 9.94. The Morgan fingerprint density at radius 1 is 1.24 bits per heavy atom. The summed E-state index contributed by atoms with van der Waals surface area (Å²) < 4.78 is 53.5. The van der Waals surface area contributed by atoms with Crippen LogP contribution in [0.25, 0.3) is 10.9 Å². The van der Waals surface area contributed by atoms with E-state index >= 15 is 4.39 Å². The third-order valence-electron chi connectivity index (χ3n) is 7.14. The lowest BCUT2D eigenvalue weighted by Gasteiger charge is -2.24. The Hall–Kier alpha value is -3.11. The molecule has 0 radical (unpaired) electrons. The number of hydrogen-bond donors (Lipinski definition) is 2. The van der Waals surface area contributed by atoms with Crippen molar-refractivity contribution in [3.8, 4) is 11.5 Å². The molecule has 7 nitrogen and oxygen atoms in total. The molecule has 2 aromatic carbocycles. The Morgan fingerprint density at radius 3 is 2.66 bits per heavy atom. The van der Waals surface area contributed by atoms with Crippen molar-refractivity contribution < 1.29 is 27.8 Å². The minimum atomic E-state index is -3.00. The van der Waals surface area contributed by atoms with E-state index in [9.17, 15) is 13.9 Å². The number of benzene rings is 2. The molecular formula is C28H35F3N4O3. The number of nitrogens with zero attached hydrogens (tertiary/aromatic N) is 3. The first-order valence-electron chi connectivity index (χ1n) is 12.7. The number of anilines is 1. The second kappa shape index (κ2) is 11.3. The zero-order valence-corrected chi connectivity index (χ0v) is 22.4. The molecule has 0 spiro atoms. The van der Waals surface area contributed by atoms with Gasteiger partial charge in [0.2, 0.25) is 0 Å². The Kier molecular flexibility index (Phi) is 8.32. The molecule has 0 saturated carbocycles. The average Bonchev–Trinajstić information content (AvgIpc) is 3.27. The van der Waals surface area contributed by atoms with E-state index in [2.05, 4.69) is 27.2 Å². The standard InChI is InChI=1S/C28H35F3N4O3/c1-16(20-10-6-8-18(25(20)29)14-28(3,36)27(30)31)32-26-21-12-24(38-15-19-9-7-11-35(19)4)23(37-5)13-22(21)33-17(2)34-26/h6,8,10,12-13,16,19,27,36H,7,9,11,14-15H2,1-5H3,(H,32,33,34)/t16-,19+,28?/m1/s1. The van der Waals surface area contributed by atoms with Gasteiger partial charge in [-0.3, -0.25) is 0 Å². The number of fused-ring (bicyclic) bond motifs is 1. The molecule has 0 amide bonds. The number of aryl methyl sites for hydroxylation is 1. The lowest BCUT2D eigenvalue weighted by Crippen LogP contribution is -2.36. The van der Waals surface area contributed by atoms with Crippen LogP contribution < -0.4 is 14.8 Å². The molecule has 1 unspecified atom stereocenters. The minimum Gasteiger partial charge on any atom is -0.493 e. The molecule has 1 fully saturated rings. The van der Waals surface area contributed by atoms with Crippen molar-refractivity contribution in [1.29, 1.82) is 0 Å². The van der Waals surface area contributed by atoms with Gasteiger partial charge in [0.15, 0.2) is 11.5 Å². The van der Waals surface area contributed by atoms with E-state index in [4.69, 9.17) is 9.47 Å². The maximum Gasteiger partial charge on any atom is 0.266 e. The number of likely N-dealkylation sites (tertiary alicyclic amines) is 1. The number of hydrogen-bond acceptors (Lipinski definition) is 7. The van der Waals surface area contributed by atoms with Crippen molar-refractivity contribution in [2.24, 2.45) is 0 Å². The first-order valence-corrected chi connectivity index (χ1v) is 12.7. The van der Waals surface area contributed by atoms with Crippen LogP contribution in [-0.4, -0.2) is 65.4 Å². The molecule has 1 saturated heterocycles. The molecule has 10 heteroatoms. The summed E-state index contributed by atoms with van der Waals surface area (Å²) in [5.41, 5.74) is -1.41. The van der Waals surface area contributed by atoms with Crippen molar-refractivity contribution in [1.82, 2.24) is 14.9 Å². The summed E-state index contributed by atoms with van der Waals surface area (Å²) in [5.74, 6) is 1.47. The molecule has 1 aliphatic rings. The SMILES string of the molecule is COc1cc2nc(C)nc(N[C@H](C)c3cccc(CC(C)(O)C(F)F)c3F)c2cc1OC[C@@H]1CCCN1C. The zero-order chi connectivity index (χ0) is 27.6. The predicted molar refractivity (Wildman–Crippen MR) is 141 cm³/mol. The highest BCUT2D eigenvalue weighted by Crippen LogP contribution is 2.36. The first-order chi connectivity index (χ1) is 18.0. The van der Waals surface area contributed by atoms with E-state index in [1.54, 1.807) is 39.2 Å². The molecule has 2 N–H and O–H groups in total. The summed E-state index contributed by atoms with van der Waals surface area (Å²) in [6.45, 7) is 6.08. The monoisotopic (exact) mass is 532 g/mol. The van der Waals surface area contributed by atoms with Crippen molar-refractivity contribution in [3.63, 3.8) is 0 Å². The van der Waals surface area contributed by atoms with Crippen molar-refractivity contribution in [2.45, 2.75) is 64.1 Å². The summed E-state index contributed by atoms with van der Waals surface area (Å²) in [5, 5.41) is 13.9. The molecule has 1 aliphatic heterocycles. The Bertz CT molecular complexity index is 1290. The van der Waals surface area contributed by atoms with Crippen LogP contribution in [0.5, 0.6) is 11.5 Å². The number of alkyl halides is 2. The molecule has 0 bridgehead atoms. The highest BCUT2D eigenvalue weighted by atomic mass is 19.3. The van der Waals surface area contributed by atoms with E-state index in [-0.39, 0.29) is 11.1 Å². The third kappa shape index (κ3) is 5.96. The van der Waals surface area contributed by atoms with E-state index in [0.29, 0.717) is 46.7 Å². The maximum atomic E-state index is 15.4. The molecular weight excluding hydrogens is 497 g/mol. The van der Waals surface area contributed by atoms with E-state index in [0.717, 1.165) is 26.3 Å². The van der Waals surface area contributed by atoms with Crippen LogP contribution in [0.1, 0.15) is 49.7 Å². The first kappa shape index (κ1) is 27.9. The minimum absolute atomic E-state index is 0.0162. The fourth-order valence-corrected chi connectivity index (χ4v) is 4.83. The number of halogens is 3. The van der Waals surface area contributed by atoms with Gasteiger partial charge in [0.05, 0.1) is 18.7 Å². The maximum absolute atomic E-state index is 15.4. The highest BCUT2D eigenvalue weighted by Gasteiger charge is 2.33. The second-order valence-corrected chi connectivity index (χ2v) is 10.2. The normalized spacial score (nSPS) is 18.5. The molecule has 1 aromatic heterocycles. The molecule has 2 heterocycles. The van der Waals surface area contributed by atoms with Gasteiger partial charge in [-0.15, -0.1) is 0 Å². The van der Waals surface area contributed by atoms with E-state index in [1.807, 2.05) is 6.07 Å². The van der Waals surface area contributed by atoms with Crippen LogP contribution in [0.2, 0.25) is 0 Å². The van der Waals surface area contributed by atoms with Gasteiger partial charge in [-0.05, 0) is 58.8 Å².